The van der Waals surface area contributed by atoms with Gasteiger partial charge < -0.3 is 0 Å². The summed E-state index contributed by atoms with van der Waals surface area (Å²) in [5.41, 5.74) is 2.13. The van der Waals surface area contributed by atoms with Crippen LogP contribution in [-0.4, -0.2) is 26.3 Å². The summed E-state index contributed by atoms with van der Waals surface area (Å²) in [6.07, 6.45) is 1.13. The first-order chi connectivity index (χ1) is 9.40. The number of nitrogens with zero attached hydrogens (tertiary/aromatic N) is 2. The molecule has 20 heavy (non-hydrogen) atoms. The molecule has 1 unspecified atom stereocenters. The topological polar surface area (TPSA) is 73.2 Å². The van der Waals surface area contributed by atoms with Gasteiger partial charge in [0.05, 0.1) is 6.07 Å². The van der Waals surface area contributed by atoms with Crippen molar-refractivity contribution in [3.63, 3.8) is 0 Å². The zero-order valence-electron chi connectivity index (χ0n) is 12.1. The molecular formula is C14H21N3O2S. The largest absolute Gasteiger partial charge is 0.279 e. The molecule has 0 aliphatic heterocycles. The minimum absolute atomic E-state index is 0.178. The lowest BCUT2D eigenvalue weighted by atomic mass is 10.1. The monoisotopic (exact) mass is 295 g/mol. The third-order valence-electron chi connectivity index (χ3n) is 3.16. The maximum atomic E-state index is 12.0. The van der Waals surface area contributed by atoms with Crippen molar-refractivity contribution in [2.45, 2.75) is 32.7 Å². The van der Waals surface area contributed by atoms with Crippen LogP contribution in [0.5, 0.6) is 0 Å². The second-order valence-corrected chi connectivity index (χ2v) is 6.48. The SMILES string of the molecule is CCc1ccc(C(C)NS(=O)(=O)N(C)CCC#N)cc1. The fourth-order valence-electron chi connectivity index (χ4n) is 1.75. The summed E-state index contributed by atoms with van der Waals surface area (Å²) in [6.45, 7) is 4.06. The molecule has 110 valence electrons. The summed E-state index contributed by atoms with van der Waals surface area (Å²) in [7, 11) is -2.10. The van der Waals surface area contributed by atoms with Crippen molar-refractivity contribution in [1.29, 1.82) is 5.26 Å². The average molecular weight is 295 g/mol. The van der Waals surface area contributed by atoms with E-state index in [9.17, 15) is 8.42 Å². The third kappa shape index (κ3) is 4.60. The average Bonchev–Trinajstić information content (AvgIpc) is 2.44. The van der Waals surface area contributed by atoms with E-state index >= 15 is 0 Å². The number of rotatable bonds is 7. The molecular weight excluding hydrogens is 274 g/mol. The molecule has 0 aliphatic carbocycles. The summed E-state index contributed by atoms with van der Waals surface area (Å²) in [6, 6.07) is 9.49. The Hall–Kier alpha value is -1.42. The molecule has 0 aromatic heterocycles. The van der Waals surface area contributed by atoms with Crippen LogP contribution in [-0.2, 0) is 16.6 Å². The molecule has 0 bridgehead atoms. The smallest absolute Gasteiger partial charge is 0.198 e. The van der Waals surface area contributed by atoms with E-state index in [0.717, 1.165) is 16.3 Å². The maximum absolute atomic E-state index is 12.0. The van der Waals surface area contributed by atoms with Crippen LogP contribution in [0.2, 0.25) is 0 Å². The summed E-state index contributed by atoms with van der Waals surface area (Å²) in [4.78, 5) is 0. The van der Waals surface area contributed by atoms with Crippen LogP contribution in [0.1, 0.15) is 37.4 Å². The van der Waals surface area contributed by atoms with Crippen molar-refractivity contribution in [3.8, 4) is 6.07 Å². The van der Waals surface area contributed by atoms with Crippen molar-refractivity contribution in [1.82, 2.24) is 9.03 Å². The number of nitriles is 1. The number of nitrogens with one attached hydrogen (secondary N) is 1. The van der Waals surface area contributed by atoms with E-state index in [2.05, 4.69) is 11.6 Å². The van der Waals surface area contributed by atoms with E-state index in [4.69, 9.17) is 5.26 Å². The van der Waals surface area contributed by atoms with Gasteiger partial charge in [0.25, 0.3) is 10.2 Å². The Morgan fingerprint density at radius 1 is 1.35 bits per heavy atom. The zero-order valence-corrected chi connectivity index (χ0v) is 12.9. The van der Waals surface area contributed by atoms with Crippen LogP contribution in [0.25, 0.3) is 0 Å². The summed E-state index contributed by atoms with van der Waals surface area (Å²) in [5, 5.41) is 8.50. The summed E-state index contributed by atoms with van der Waals surface area (Å²) in [5.74, 6) is 0. The lowest BCUT2D eigenvalue weighted by Crippen LogP contribution is -2.39. The number of benzene rings is 1. The molecule has 1 aromatic carbocycles. The van der Waals surface area contributed by atoms with Crippen LogP contribution in [0.15, 0.2) is 24.3 Å². The Morgan fingerprint density at radius 3 is 2.45 bits per heavy atom. The molecule has 5 nitrogen and oxygen atoms in total. The van der Waals surface area contributed by atoms with E-state index in [0.29, 0.717) is 0 Å². The van der Waals surface area contributed by atoms with Crippen molar-refractivity contribution >= 4 is 10.2 Å². The molecule has 0 fully saturated rings. The van der Waals surface area contributed by atoms with Gasteiger partial charge in [0, 0.05) is 26.1 Å². The lowest BCUT2D eigenvalue weighted by molar-refractivity contribution is 0.456. The van der Waals surface area contributed by atoms with Crippen LogP contribution in [0.3, 0.4) is 0 Å². The van der Waals surface area contributed by atoms with E-state index in [1.165, 1.54) is 12.6 Å². The molecule has 0 radical (unpaired) electrons. The predicted octanol–water partition coefficient (Wildman–Crippen LogP) is 1.99. The van der Waals surface area contributed by atoms with Crippen LogP contribution < -0.4 is 4.72 Å². The van der Waals surface area contributed by atoms with Crippen LogP contribution in [0, 0.1) is 11.3 Å². The predicted molar refractivity (Wildman–Crippen MR) is 79.2 cm³/mol. The first-order valence-corrected chi connectivity index (χ1v) is 8.04. The lowest BCUT2D eigenvalue weighted by Gasteiger charge is -2.20. The molecule has 0 saturated carbocycles. The van der Waals surface area contributed by atoms with Gasteiger partial charge in [-0.3, -0.25) is 0 Å². The van der Waals surface area contributed by atoms with E-state index < -0.39 is 10.2 Å². The fourth-order valence-corrected chi connectivity index (χ4v) is 2.85. The Labute approximate surface area is 121 Å². The van der Waals surface area contributed by atoms with Crippen molar-refractivity contribution in [2.24, 2.45) is 0 Å². The Balaban J connectivity index is 2.73. The van der Waals surface area contributed by atoms with Gasteiger partial charge in [0.2, 0.25) is 0 Å². The highest BCUT2D eigenvalue weighted by atomic mass is 32.2. The van der Waals surface area contributed by atoms with Gasteiger partial charge >= 0.3 is 0 Å². The molecule has 0 saturated heterocycles. The highest BCUT2D eigenvalue weighted by molar-refractivity contribution is 7.87. The first kappa shape index (κ1) is 16.6. The highest BCUT2D eigenvalue weighted by Crippen LogP contribution is 2.15. The normalized spacial score (nSPS) is 13.2. The standard InChI is InChI=1S/C14H21N3O2S/c1-4-13-6-8-14(9-7-13)12(2)16-20(18,19)17(3)11-5-10-15/h6-9,12,16H,4-5,11H2,1-3H3. The minimum Gasteiger partial charge on any atom is -0.198 e. The molecule has 0 spiro atoms. The van der Waals surface area contributed by atoms with Crippen molar-refractivity contribution in [3.05, 3.63) is 35.4 Å². The molecule has 1 aromatic rings. The molecule has 1 rings (SSSR count). The van der Waals surface area contributed by atoms with Gasteiger partial charge in [-0.2, -0.15) is 22.7 Å². The van der Waals surface area contributed by atoms with Crippen molar-refractivity contribution in [2.75, 3.05) is 13.6 Å². The maximum Gasteiger partial charge on any atom is 0.279 e. The molecule has 0 amide bonds. The quantitative estimate of drug-likeness (QED) is 0.836. The summed E-state index contributed by atoms with van der Waals surface area (Å²) < 4.78 is 27.9. The van der Waals surface area contributed by atoms with Gasteiger partial charge in [0.1, 0.15) is 0 Å². The van der Waals surface area contributed by atoms with Crippen molar-refractivity contribution < 1.29 is 8.42 Å². The molecule has 0 heterocycles. The van der Waals surface area contributed by atoms with E-state index in [-0.39, 0.29) is 19.0 Å². The number of aryl methyl sites for hydroxylation is 1. The molecule has 6 heteroatoms. The fraction of sp³-hybridized carbons (Fsp3) is 0.500. The second kappa shape index (κ2) is 7.39. The number of hydrogen-bond donors (Lipinski definition) is 1. The zero-order chi connectivity index (χ0) is 15.2. The number of hydrogen-bond acceptors (Lipinski definition) is 3. The van der Waals surface area contributed by atoms with Gasteiger partial charge in [-0.15, -0.1) is 0 Å². The van der Waals surface area contributed by atoms with Gasteiger partial charge in [-0.05, 0) is 24.5 Å². The van der Waals surface area contributed by atoms with Gasteiger partial charge in [-0.25, -0.2) is 0 Å². The first-order valence-electron chi connectivity index (χ1n) is 6.60. The minimum atomic E-state index is -3.56. The second-order valence-electron chi connectivity index (χ2n) is 4.67. The highest BCUT2D eigenvalue weighted by Gasteiger charge is 2.20. The Kier molecular flexibility index (Phi) is 6.14. The van der Waals surface area contributed by atoms with Gasteiger partial charge in [0.15, 0.2) is 0 Å². The van der Waals surface area contributed by atoms with Gasteiger partial charge in [-0.1, -0.05) is 31.2 Å². The Bertz CT molecular complexity index is 561. The van der Waals surface area contributed by atoms with Crippen LogP contribution >= 0.6 is 0 Å². The van der Waals surface area contributed by atoms with E-state index in [1.54, 1.807) is 6.92 Å². The Morgan fingerprint density at radius 2 is 1.95 bits per heavy atom. The third-order valence-corrected chi connectivity index (χ3v) is 4.82. The summed E-state index contributed by atoms with van der Waals surface area (Å²) >= 11 is 0. The molecule has 0 aliphatic rings. The molecule has 1 atom stereocenters. The van der Waals surface area contributed by atoms with E-state index in [1.807, 2.05) is 30.3 Å². The molecule has 1 N–H and O–H groups in total. The van der Waals surface area contributed by atoms with Crippen LogP contribution in [0.4, 0.5) is 0 Å².